The number of aromatic nitrogens is 3. The van der Waals surface area contributed by atoms with Crippen molar-refractivity contribution in [3.05, 3.63) is 34.0 Å². The Morgan fingerprint density at radius 1 is 1.19 bits per heavy atom. The molecule has 2 aromatic heterocycles. The summed E-state index contributed by atoms with van der Waals surface area (Å²) in [7, 11) is 1.98. The summed E-state index contributed by atoms with van der Waals surface area (Å²) in [5, 5.41) is 17.4. The summed E-state index contributed by atoms with van der Waals surface area (Å²) in [6, 6.07) is 4.28. The Labute approximate surface area is 165 Å². The first-order valence-electron chi connectivity index (χ1n) is 9.84. The summed E-state index contributed by atoms with van der Waals surface area (Å²) in [6.45, 7) is 7.76. The molecule has 8 heteroatoms. The molecule has 1 saturated heterocycles. The van der Waals surface area contributed by atoms with E-state index in [0.717, 1.165) is 43.7 Å². The van der Waals surface area contributed by atoms with Gasteiger partial charge in [-0.2, -0.15) is 0 Å². The summed E-state index contributed by atoms with van der Waals surface area (Å²) in [5.41, 5.74) is 0. The van der Waals surface area contributed by atoms with Crippen LogP contribution >= 0.6 is 11.3 Å². The number of thiophene rings is 1. The molecule has 0 amide bonds. The third kappa shape index (κ3) is 6.32. The average Bonchev–Trinajstić information content (AvgIpc) is 3.31. The SMILES string of the molecule is Cc1nnc(CN=C(NCCc2cccs2)NCCN2CCCCC2)n1C. The summed E-state index contributed by atoms with van der Waals surface area (Å²) < 4.78 is 1.99. The molecule has 1 fully saturated rings. The van der Waals surface area contributed by atoms with E-state index in [1.165, 1.54) is 37.2 Å². The number of piperidine rings is 1. The summed E-state index contributed by atoms with van der Waals surface area (Å²) in [5.74, 6) is 2.64. The minimum atomic E-state index is 0.523. The van der Waals surface area contributed by atoms with E-state index in [2.05, 4.69) is 43.2 Å². The standard InChI is InChI=1S/C19H31N7S/c1-16-23-24-18(25(16)2)15-22-19(20-9-8-17-7-6-14-27-17)21-10-13-26-11-4-3-5-12-26/h6-7,14H,3-5,8-13,15H2,1-2H3,(H2,20,21,22). The molecule has 0 unspecified atom stereocenters. The molecule has 148 valence electrons. The molecule has 1 aliphatic rings. The third-order valence-electron chi connectivity index (χ3n) is 4.97. The van der Waals surface area contributed by atoms with E-state index in [1.54, 1.807) is 11.3 Å². The van der Waals surface area contributed by atoms with Gasteiger partial charge >= 0.3 is 0 Å². The van der Waals surface area contributed by atoms with Gasteiger partial charge in [0.2, 0.25) is 0 Å². The van der Waals surface area contributed by atoms with Crippen LogP contribution in [-0.2, 0) is 20.0 Å². The van der Waals surface area contributed by atoms with Crippen LogP contribution in [0.5, 0.6) is 0 Å². The Balaban J connectivity index is 1.51. The van der Waals surface area contributed by atoms with Gasteiger partial charge in [-0.3, -0.25) is 0 Å². The maximum Gasteiger partial charge on any atom is 0.191 e. The van der Waals surface area contributed by atoms with E-state index < -0.39 is 0 Å². The molecule has 1 aliphatic heterocycles. The lowest BCUT2D eigenvalue weighted by molar-refractivity contribution is 0.232. The van der Waals surface area contributed by atoms with Gasteiger partial charge in [-0.1, -0.05) is 12.5 Å². The van der Waals surface area contributed by atoms with Crippen molar-refractivity contribution in [2.45, 2.75) is 39.2 Å². The van der Waals surface area contributed by atoms with E-state index >= 15 is 0 Å². The second-order valence-corrected chi connectivity index (χ2v) is 8.00. The fourth-order valence-corrected chi connectivity index (χ4v) is 3.90. The summed E-state index contributed by atoms with van der Waals surface area (Å²) >= 11 is 1.80. The number of nitrogens with zero attached hydrogens (tertiary/aromatic N) is 5. The maximum absolute atomic E-state index is 4.73. The van der Waals surface area contributed by atoms with Crippen molar-refractivity contribution < 1.29 is 0 Å². The van der Waals surface area contributed by atoms with Gasteiger partial charge in [0.1, 0.15) is 12.4 Å². The van der Waals surface area contributed by atoms with Gasteiger partial charge in [0.05, 0.1) is 0 Å². The Hall–Kier alpha value is -1.93. The van der Waals surface area contributed by atoms with Crippen LogP contribution in [-0.4, -0.2) is 58.3 Å². The lowest BCUT2D eigenvalue weighted by Crippen LogP contribution is -2.43. The monoisotopic (exact) mass is 389 g/mol. The first-order chi connectivity index (χ1) is 13.2. The highest BCUT2D eigenvalue weighted by Gasteiger charge is 2.10. The van der Waals surface area contributed by atoms with Crippen LogP contribution in [0.4, 0.5) is 0 Å². The van der Waals surface area contributed by atoms with Crippen molar-refractivity contribution in [1.82, 2.24) is 30.3 Å². The molecule has 7 nitrogen and oxygen atoms in total. The van der Waals surface area contributed by atoms with Gasteiger partial charge in [-0.15, -0.1) is 21.5 Å². The fourth-order valence-electron chi connectivity index (χ4n) is 3.19. The van der Waals surface area contributed by atoms with Crippen molar-refractivity contribution in [2.24, 2.45) is 12.0 Å². The van der Waals surface area contributed by atoms with Gasteiger partial charge < -0.3 is 20.1 Å². The number of likely N-dealkylation sites (tertiary alicyclic amines) is 1. The van der Waals surface area contributed by atoms with Gasteiger partial charge in [0, 0.05) is 31.6 Å². The van der Waals surface area contributed by atoms with Gasteiger partial charge in [0.15, 0.2) is 11.8 Å². The number of hydrogen-bond acceptors (Lipinski definition) is 5. The van der Waals surface area contributed by atoms with Crippen LogP contribution < -0.4 is 10.6 Å². The van der Waals surface area contributed by atoms with E-state index in [9.17, 15) is 0 Å². The minimum Gasteiger partial charge on any atom is -0.356 e. The number of aryl methyl sites for hydroxylation is 1. The van der Waals surface area contributed by atoms with Crippen LogP contribution in [0, 0.1) is 6.92 Å². The fraction of sp³-hybridized carbons (Fsp3) is 0.632. The Bertz CT molecular complexity index is 702. The highest BCUT2D eigenvalue weighted by Crippen LogP contribution is 2.08. The second kappa shape index (κ2) is 10.4. The molecular formula is C19H31N7S. The van der Waals surface area contributed by atoms with E-state index in [0.29, 0.717) is 6.54 Å². The molecule has 3 rings (SSSR count). The van der Waals surface area contributed by atoms with Crippen molar-refractivity contribution in [3.63, 3.8) is 0 Å². The first kappa shape index (κ1) is 19.8. The predicted octanol–water partition coefficient (Wildman–Crippen LogP) is 1.95. The molecular weight excluding hydrogens is 358 g/mol. The lowest BCUT2D eigenvalue weighted by Gasteiger charge is -2.26. The third-order valence-corrected chi connectivity index (χ3v) is 5.91. The molecule has 0 bridgehead atoms. The van der Waals surface area contributed by atoms with E-state index in [4.69, 9.17) is 4.99 Å². The molecule has 27 heavy (non-hydrogen) atoms. The van der Waals surface area contributed by atoms with Crippen molar-refractivity contribution in [3.8, 4) is 0 Å². The Morgan fingerprint density at radius 2 is 2.00 bits per heavy atom. The molecule has 0 spiro atoms. The topological polar surface area (TPSA) is 70.4 Å². The quantitative estimate of drug-likeness (QED) is 0.533. The largest absolute Gasteiger partial charge is 0.356 e. The maximum atomic E-state index is 4.73. The Morgan fingerprint density at radius 3 is 2.70 bits per heavy atom. The summed E-state index contributed by atoms with van der Waals surface area (Å²) in [6.07, 6.45) is 5.03. The minimum absolute atomic E-state index is 0.523. The average molecular weight is 390 g/mol. The van der Waals surface area contributed by atoms with Crippen molar-refractivity contribution in [2.75, 3.05) is 32.7 Å². The van der Waals surface area contributed by atoms with Gasteiger partial charge in [-0.25, -0.2) is 4.99 Å². The zero-order chi connectivity index (χ0) is 18.9. The van der Waals surface area contributed by atoms with Gasteiger partial charge in [0.25, 0.3) is 0 Å². The molecule has 2 aromatic rings. The van der Waals surface area contributed by atoms with Crippen LogP contribution in [0.2, 0.25) is 0 Å². The number of guanidine groups is 1. The second-order valence-electron chi connectivity index (χ2n) is 6.97. The molecule has 0 radical (unpaired) electrons. The zero-order valence-corrected chi connectivity index (χ0v) is 17.3. The van der Waals surface area contributed by atoms with E-state index in [1.807, 2.05) is 18.5 Å². The smallest absolute Gasteiger partial charge is 0.191 e. The molecule has 0 atom stereocenters. The van der Waals surface area contributed by atoms with Gasteiger partial charge in [-0.05, 0) is 50.7 Å². The van der Waals surface area contributed by atoms with Crippen LogP contribution in [0.1, 0.15) is 35.8 Å². The molecule has 2 N–H and O–H groups in total. The molecule has 0 aliphatic carbocycles. The lowest BCUT2D eigenvalue weighted by atomic mass is 10.1. The van der Waals surface area contributed by atoms with Crippen molar-refractivity contribution >= 4 is 17.3 Å². The highest BCUT2D eigenvalue weighted by atomic mass is 32.1. The first-order valence-corrected chi connectivity index (χ1v) is 10.7. The van der Waals surface area contributed by atoms with E-state index in [-0.39, 0.29) is 0 Å². The molecule has 0 saturated carbocycles. The number of hydrogen-bond donors (Lipinski definition) is 2. The Kier molecular flexibility index (Phi) is 7.65. The van der Waals surface area contributed by atoms with Crippen molar-refractivity contribution in [1.29, 1.82) is 0 Å². The summed E-state index contributed by atoms with van der Waals surface area (Å²) in [4.78, 5) is 8.65. The van der Waals surface area contributed by atoms with Crippen LogP contribution in [0.15, 0.2) is 22.5 Å². The number of rotatable bonds is 8. The van der Waals surface area contributed by atoms with Crippen LogP contribution in [0.3, 0.4) is 0 Å². The predicted molar refractivity (Wildman–Crippen MR) is 111 cm³/mol. The number of nitrogens with one attached hydrogen (secondary N) is 2. The highest BCUT2D eigenvalue weighted by molar-refractivity contribution is 7.09. The zero-order valence-electron chi connectivity index (χ0n) is 16.4. The van der Waals surface area contributed by atoms with Crippen LogP contribution in [0.25, 0.3) is 0 Å². The normalized spacial score (nSPS) is 15.9. The molecule has 3 heterocycles. The molecule has 0 aromatic carbocycles. The number of aliphatic imine (C=N–C) groups is 1.